The largest absolute Gasteiger partial charge is 0.497 e. The highest BCUT2D eigenvalue weighted by atomic mass is 16.5. The molecule has 0 saturated carbocycles. The second-order valence-corrected chi connectivity index (χ2v) is 5.06. The predicted octanol–water partition coefficient (Wildman–Crippen LogP) is 2.69. The van der Waals surface area contributed by atoms with E-state index in [9.17, 15) is 0 Å². The molecule has 110 valence electrons. The molecule has 0 amide bonds. The Morgan fingerprint density at radius 1 is 1.10 bits per heavy atom. The van der Waals surface area contributed by atoms with Crippen LogP contribution in [0.2, 0.25) is 0 Å². The van der Waals surface area contributed by atoms with Gasteiger partial charge in [-0.1, -0.05) is 18.2 Å². The molecular weight excluding hydrogens is 266 g/mol. The minimum Gasteiger partial charge on any atom is -0.497 e. The van der Waals surface area contributed by atoms with Crippen LogP contribution >= 0.6 is 0 Å². The monoisotopic (exact) mass is 285 g/mol. The van der Waals surface area contributed by atoms with Gasteiger partial charge in [0.15, 0.2) is 0 Å². The van der Waals surface area contributed by atoms with Crippen LogP contribution in [0.4, 0.5) is 0 Å². The molecule has 1 aliphatic rings. The SMILES string of the molecule is COc1cc(OC)cc(C(N)c2cccc3c2OCC3)c1. The van der Waals surface area contributed by atoms with Crippen LogP contribution in [0.1, 0.15) is 22.7 Å². The maximum atomic E-state index is 6.45. The van der Waals surface area contributed by atoms with Crippen molar-refractivity contribution < 1.29 is 14.2 Å². The second kappa shape index (κ2) is 5.66. The predicted molar refractivity (Wildman–Crippen MR) is 81.2 cm³/mol. The molecule has 0 bridgehead atoms. The number of ether oxygens (including phenoxy) is 3. The molecule has 0 fully saturated rings. The van der Waals surface area contributed by atoms with Crippen molar-refractivity contribution >= 4 is 0 Å². The van der Waals surface area contributed by atoms with E-state index in [0.29, 0.717) is 0 Å². The first kappa shape index (κ1) is 13.8. The van der Waals surface area contributed by atoms with Crippen LogP contribution in [0, 0.1) is 0 Å². The summed E-state index contributed by atoms with van der Waals surface area (Å²) < 4.78 is 16.4. The first-order valence-electron chi connectivity index (χ1n) is 6.96. The minimum atomic E-state index is -0.276. The third kappa shape index (κ3) is 2.54. The van der Waals surface area contributed by atoms with Crippen molar-refractivity contribution in [3.05, 3.63) is 53.1 Å². The molecule has 21 heavy (non-hydrogen) atoms. The van der Waals surface area contributed by atoms with Gasteiger partial charge in [0, 0.05) is 18.1 Å². The standard InChI is InChI=1S/C17H19NO3/c1-19-13-8-12(9-14(10-13)20-2)16(18)15-5-3-4-11-6-7-21-17(11)15/h3-5,8-10,16H,6-7,18H2,1-2H3. The number of nitrogens with two attached hydrogens (primary N) is 1. The van der Waals surface area contributed by atoms with Crippen LogP contribution in [0.25, 0.3) is 0 Å². The number of methoxy groups -OCH3 is 2. The van der Waals surface area contributed by atoms with E-state index in [0.717, 1.165) is 41.4 Å². The summed E-state index contributed by atoms with van der Waals surface area (Å²) in [6.07, 6.45) is 0.942. The highest BCUT2D eigenvalue weighted by Crippen LogP contribution is 2.36. The van der Waals surface area contributed by atoms with Gasteiger partial charge in [-0.3, -0.25) is 0 Å². The van der Waals surface area contributed by atoms with Crippen LogP contribution in [0.5, 0.6) is 17.2 Å². The van der Waals surface area contributed by atoms with Gasteiger partial charge < -0.3 is 19.9 Å². The van der Waals surface area contributed by atoms with Gasteiger partial charge in [0.1, 0.15) is 17.2 Å². The molecule has 3 rings (SSSR count). The Kier molecular flexibility index (Phi) is 3.71. The molecule has 1 heterocycles. The summed E-state index contributed by atoms with van der Waals surface area (Å²) in [4.78, 5) is 0. The van der Waals surface area contributed by atoms with E-state index >= 15 is 0 Å². The molecule has 0 aliphatic carbocycles. The molecule has 2 N–H and O–H groups in total. The molecule has 2 aromatic rings. The maximum absolute atomic E-state index is 6.45. The summed E-state index contributed by atoms with van der Waals surface area (Å²) in [6, 6.07) is 11.6. The molecule has 2 aromatic carbocycles. The van der Waals surface area contributed by atoms with Gasteiger partial charge in [0.2, 0.25) is 0 Å². The Hall–Kier alpha value is -2.20. The van der Waals surface area contributed by atoms with Gasteiger partial charge in [-0.15, -0.1) is 0 Å². The van der Waals surface area contributed by atoms with Gasteiger partial charge in [0.25, 0.3) is 0 Å². The summed E-state index contributed by atoms with van der Waals surface area (Å²) in [5, 5.41) is 0. The Morgan fingerprint density at radius 2 is 1.81 bits per heavy atom. The highest BCUT2D eigenvalue weighted by Gasteiger charge is 2.21. The number of fused-ring (bicyclic) bond motifs is 1. The minimum absolute atomic E-state index is 0.276. The zero-order valence-corrected chi connectivity index (χ0v) is 12.3. The number of hydrogen-bond acceptors (Lipinski definition) is 4. The number of rotatable bonds is 4. The first-order valence-corrected chi connectivity index (χ1v) is 6.96. The third-order valence-corrected chi connectivity index (χ3v) is 3.81. The number of para-hydroxylation sites is 1. The fourth-order valence-electron chi connectivity index (χ4n) is 2.67. The fourth-order valence-corrected chi connectivity index (χ4v) is 2.67. The summed E-state index contributed by atoms with van der Waals surface area (Å²) in [5.74, 6) is 2.38. The average Bonchev–Trinajstić information content (AvgIpc) is 3.02. The third-order valence-electron chi connectivity index (χ3n) is 3.81. The Balaban J connectivity index is 2.02. The zero-order valence-electron chi connectivity index (χ0n) is 12.3. The molecule has 0 spiro atoms. The Morgan fingerprint density at radius 3 is 2.48 bits per heavy atom. The van der Waals surface area contributed by atoms with Crippen molar-refractivity contribution in [2.45, 2.75) is 12.5 Å². The first-order chi connectivity index (χ1) is 10.2. The zero-order chi connectivity index (χ0) is 14.8. The average molecular weight is 285 g/mol. The van der Waals surface area contributed by atoms with E-state index in [2.05, 4.69) is 6.07 Å². The van der Waals surface area contributed by atoms with Crippen molar-refractivity contribution in [3.8, 4) is 17.2 Å². The van der Waals surface area contributed by atoms with Crippen LogP contribution < -0.4 is 19.9 Å². The van der Waals surface area contributed by atoms with Gasteiger partial charge in [-0.25, -0.2) is 0 Å². The number of hydrogen-bond donors (Lipinski definition) is 1. The van der Waals surface area contributed by atoms with E-state index in [1.165, 1.54) is 5.56 Å². The quantitative estimate of drug-likeness (QED) is 0.938. The van der Waals surface area contributed by atoms with Gasteiger partial charge in [0.05, 0.1) is 26.9 Å². The molecule has 0 aromatic heterocycles. The van der Waals surface area contributed by atoms with Crippen molar-refractivity contribution in [2.24, 2.45) is 5.73 Å². The lowest BCUT2D eigenvalue weighted by Crippen LogP contribution is -2.13. The topological polar surface area (TPSA) is 53.7 Å². The van der Waals surface area contributed by atoms with E-state index in [1.54, 1.807) is 14.2 Å². The molecule has 1 aliphatic heterocycles. The van der Waals surface area contributed by atoms with Gasteiger partial charge >= 0.3 is 0 Å². The van der Waals surface area contributed by atoms with Crippen LogP contribution in [-0.2, 0) is 6.42 Å². The van der Waals surface area contributed by atoms with Crippen molar-refractivity contribution in [1.82, 2.24) is 0 Å². The molecule has 1 atom stereocenters. The summed E-state index contributed by atoms with van der Waals surface area (Å²) in [5.41, 5.74) is 9.61. The Bertz CT molecular complexity index is 632. The molecule has 1 unspecified atom stereocenters. The van der Waals surface area contributed by atoms with Crippen LogP contribution in [0.15, 0.2) is 36.4 Å². The van der Waals surface area contributed by atoms with Crippen LogP contribution in [0.3, 0.4) is 0 Å². The lowest BCUT2D eigenvalue weighted by molar-refractivity contribution is 0.352. The summed E-state index contributed by atoms with van der Waals surface area (Å²) in [7, 11) is 3.26. The summed E-state index contributed by atoms with van der Waals surface area (Å²) in [6.45, 7) is 0.723. The molecule has 4 nitrogen and oxygen atoms in total. The van der Waals surface area contributed by atoms with E-state index in [-0.39, 0.29) is 6.04 Å². The van der Waals surface area contributed by atoms with Crippen molar-refractivity contribution in [3.63, 3.8) is 0 Å². The second-order valence-electron chi connectivity index (χ2n) is 5.06. The van der Waals surface area contributed by atoms with Crippen LogP contribution in [-0.4, -0.2) is 20.8 Å². The van der Waals surface area contributed by atoms with Crippen molar-refractivity contribution in [1.29, 1.82) is 0 Å². The Labute approximate surface area is 124 Å². The molecule has 0 radical (unpaired) electrons. The smallest absolute Gasteiger partial charge is 0.127 e. The molecule has 0 saturated heterocycles. The van der Waals surface area contributed by atoms with Gasteiger partial charge in [-0.05, 0) is 23.3 Å². The van der Waals surface area contributed by atoms with E-state index in [4.69, 9.17) is 19.9 Å². The number of benzene rings is 2. The molecule has 4 heteroatoms. The lowest BCUT2D eigenvalue weighted by Gasteiger charge is -2.17. The maximum Gasteiger partial charge on any atom is 0.127 e. The van der Waals surface area contributed by atoms with Crippen molar-refractivity contribution in [2.75, 3.05) is 20.8 Å². The fraction of sp³-hybridized carbons (Fsp3) is 0.294. The van der Waals surface area contributed by atoms with Gasteiger partial charge in [-0.2, -0.15) is 0 Å². The summed E-state index contributed by atoms with van der Waals surface area (Å²) >= 11 is 0. The molecular formula is C17H19NO3. The lowest BCUT2D eigenvalue weighted by atomic mass is 9.96. The van der Waals surface area contributed by atoms with E-state index < -0.39 is 0 Å². The highest BCUT2D eigenvalue weighted by molar-refractivity contribution is 5.50. The normalized spacial score (nSPS) is 14.2. The van der Waals surface area contributed by atoms with E-state index in [1.807, 2.05) is 30.3 Å².